The Balaban J connectivity index is 1.86. The van der Waals surface area contributed by atoms with Gasteiger partial charge >= 0.3 is 6.09 Å². The molecule has 0 saturated carbocycles. The van der Waals surface area contributed by atoms with E-state index < -0.39 is 5.60 Å². The molecule has 0 radical (unpaired) electrons. The lowest BCUT2D eigenvalue weighted by molar-refractivity contribution is -0.0984. The van der Waals surface area contributed by atoms with Crippen molar-refractivity contribution in [3.63, 3.8) is 0 Å². The van der Waals surface area contributed by atoms with Crippen LogP contribution in [0.1, 0.15) is 45.4 Å². The lowest BCUT2D eigenvalue weighted by Gasteiger charge is -2.28. The average molecular weight is 429 g/mol. The maximum atomic E-state index is 13.2. The van der Waals surface area contributed by atoms with Crippen molar-refractivity contribution in [2.75, 3.05) is 27.3 Å². The van der Waals surface area contributed by atoms with Crippen molar-refractivity contribution in [1.82, 2.24) is 9.88 Å². The van der Waals surface area contributed by atoms with Gasteiger partial charge in [0.15, 0.2) is 6.29 Å². The Morgan fingerprint density at radius 2 is 1.97 bits per heavy atom. The van der Waals surface area contributed by atoms with Gasteiger partial charge in [0, 0.05) is 38.4 Å². The van der Waals surface area contributed by atoms with Gasteiger partial charge in [-0.2, -0.15) is 0 Å². The topological polar surface area (TPSA) is 61.7 Å². The fourth-order valence-electron chi connectivity index (χ4n) is 4.42. The number of carbonyl (C=O) groups is 1. The lowest BCUT2D eigenvalue weighted by Crippen LogP contribution is -2.33. The molecule has 2 aromatic rings. The summed E-state index contributed by atoms with van der Waals surface area (Å²) in [7, 11) is 3.29. The first kappa shape index (κ1) is 23.5. The number of para-hydroxylation sites is 1. The zero-order valence-electron chi connectivity index (χ0n) is 19.7. The Hall–Kier alpha value is -2.15. The zero-order valence-corrected chi connectivity index (χ0v) is 19.7. The van der Waals surface area contributed by atoms with E-state index in [1.165, 1.54) is 11.1 Å². The number of hydrogen-bond acceptors (Lipinski definition) is 5. The predicted molar refractivity (Wildman–Crippen MR) is 124 cm³/mol. The third-order valence-electron chi connectivity index (χ3n) is 5.91. The molecule has 0 bridgehead atoms. The summed E-state index contributed by atoms with van der Waals surface area (Å²) >= 11 is 0. The highest BCUT2D eigenvalue weighted by Gasteiger charge is 2.31. The SMILES string of the molecule is C/C=C(/CNCC(OC)OC)[C@@H]1CCc2c(n(C(=O)OC(C)(C)C)c3ccccc23)C1. The standard InChI is InChI=1S/C25H36N2O4/c1-7-17(15-26-16-23(29-5)30-6)18-12-13-20-19-10-8-9-11-21(19)27(22(20)14-18)24(28)31-25(2,3)4/h7-11,18,23,26H,12-16H2,1-6H3/b17-7-/t18-/m1/s1. The quantitative estimate of drug-likeness (QED) is 0.512. The summed E-state index contributed by atoms with van der Waals surface area (Å²) in [6.45, 7) is 9.20. The molecule has 3 rings (SSSR count). The predicted octanol–water partition coefficient (Wildman–Crippen LogP) is 4.68. The van der Waals surface area contributed by atoms with Crippen LogP contribution < -0.4 is 5.32 Å². The normalized spacial score (nSPS) is 17.3. The number of aromatic nitrogens is 1. The smallest absolute Gasteiger partial charge is 0.419 e. The molecule has 31 heavy (non-hydrogen) atoms. The summed E-state index contributed by atoms with van der Waals surface area (Å²) in [5.41, 5.74) is 4.10. The van der Waals surface area contributed by atoms with Crippen LogP contribution in [0.15, 0.2) is 35.9 Å². The van der Waals surface area contributed by atoms with E-state index in [-0.39, 0.29) is 12.4 Å². The Morgan fingerprint density at radius 1 is 1.26 bits per heavy atom. The summed E-state index contributed by atoms with van der Waals surface area (Å²) < 4.78 is 18.1. The van der Waals surface area contributed by atoms with Crippen LogP contribution in [0.2, 0.25) is 0 Å². The van der Waals surface area contributed by atoms with Gasteiger partial charge in [-0.3, -0.25) is 0 Å². The number of methoxy groups -OCH3 is 2. The van der Waals surface area contributed by atoms with Gasteiger partial charge in [0.25, 0.3) is 0 Å². The third kappa shape index (κ3) is 5.37. The lowest BCUT2D eigenvalue weighted by atomic mass is 9.82. The van der Waals surface area contributed by atoms with Crippen molar-refractivity contribution in [3.8, 4) is 0 Å². The number of benzene rings is 1. The molecule has 0 aliphatic heterocycles. The Morgan fingerprint density at radius 3 is 2.61 bits per heavy atom. The van der Waals surface area contributed by atoms with Crippen LogP contribution in [-0.4, -0.2) is 49.9 Å². The number of nitrogens with zero attached hydrogens (tertiary/aromatic N) is 1. The van der Waals surface area contributed by atoms with Gasteiger partial charge in [0.05, 0.1) is 5.52 Å². The molecule has 0 amide bonds. The van der Waals surface area contributed by atoms with Gasteiger partial charge in [-0.15, -0.1) is 0 Å². The van der Waals surface area contributed by atoms with E-state index in [4.69, 9.17) is 14.2 Å². The second kappa shape index (κ2) is 9.98. The summed E-state index contributed by atoms with van der Waals surface area (Å²) in [6, 6.07) is 8.15. The number of allylic oxidation sites excluding steroid dienone is 1. The molecule has 1 aliphatic carbocycles. The van der Waals surface area contributed by atoms with Crippen LogP contribution >= 0.6 is 0 Å². The zero-order chi connectivity index (χ0) is 22.6. The van der Waals surface area contributed by atoms with E-state index in [0.29, 0.717) is 12.5 Å². The highest BCUT2D eigenvalue weighted by atomic mass is 16.7. The second-order valence-electron chi connectivity index (χ2n) is 9.09. The van der Waals surface area contributed by atoms with Crippen LogP contribution in [0.25, 0.3) is 10.9 Å². The van der Waals surface area contributed by atoms with Crippen molar-refractivity contribution in [3.05, 3.63) is 47.2 Å². The van der Waals surface area contributed by atoms with Crippen LogP contribution in [0, 0.1) is 5.92 Å². The van der Waals surface area contributed by atoms with Gasteiger partial charge in [-0.25, -0.2) is 9.36 Å². The molecule has 0 fully saturated rings. The van der Waals surface area contributed by atoms with E-state index >= 15 is 0 Å². The van der Waals surface area contributed by atoms with E-state index in [1.807, 2.05) is 39.0 Å². The molecule has 1 aromatic heterocycles. The molecular formula is C25H36N2O4. The number of hydrogen-bond donors (Lipinski definition) is 1. The fraction of sp³-hybridized carbons (Fsp3) is 0.560. The van der Waals surface area contributed by atoms with E-state index in [1.54, 1.807) is 18.8 Å². The van der Waals surface area contributed by atoms with Crippen molar-refractivity contribution in [1.29, 1.82) is 0 Å². The summed E-state index contributed by atoms with van der Waals surface area (Å²) in [6.07, 6.45) is 4.47. The van der Waals surface area contributed by atoms with Gasteiger partial charge in [0.2, 0.25) is 0 Å². The van der Waals surface area contributed by atoms with Gasteiger partial charge < -0.3 is 19.5 Å². The Labute approximate surface area is 185 Å². The van der Waals surface area contributed by atoms with Crippen LogP contribution in [0.3, 0.4) is 0 Å². The first-order valence-corrected chi connectivity index (χ1v) is 11.0. The highest BCUT2D eigenvalue weighted by Crippen LogP contribution is 2.37. The fourth-order valence-corrected chi connectivity index (χ4v) is 4.42. The number of rotatable bonds is 7. The minimum Gasteiger partial charge on any atom is -0.443 e. The first-order valence-electron chi connectivity index (χ1n) is 11.0. The third-order valence-corrected chi connectivity index (χ3v) is 5.91. The maximum absolute atomic E-state index is 13.2. The minimum absolute atomic E-state index is 0.259. The van der Waals surface area contributed by atoms with Gasteiger partial charge in [-0.05, 0) is 64.5 Å². The molecule has 1 N–H and O–H groups in total. The van der Waals surface area contributed by atoms with Crippen molar-refractivity contribution in [2.45, 2.75) is 58.8 Å². The van der Waals surface area contributed by atoms with Gasteiger partial charge in [-0.1, -0.05) is 29.8 Å². The van der Waals surface area contributed by atoms with Crippen molar-refractivity contribution in [2.24, 2.45) is 5.92 Å². The summed E-state index contributed by atoms with van der Waals surface area (Å²) in [5, 5.41) is 4.60. The molecule has 1 aliphatic rings. The van der Waals surface area contributed by atoms with Gasteiger partial charge in [0.1, 0.15) is 5.60 Å². The van der Waals surface area contributed by atoms with Crippen molar-refractivity contribution < 1.29 is 19.0 Å². The largest absolute Gasteiger partial charge is 0.443 e. The van der Waals surface area contributed by atoms with Crippen LogP contribution in [0.4, 0.5) is 4.79 Å². The molecule has 6 nitrogen and oxygen atoms in total. The number of aryl methyl sites for hydroxylation is 1. The van der Waals surface area contributed by atoms with Crippen LogP contribution in [-0.2, 0) is 27.1 Å². The number of nitrogens with one attached hydrogen (secondary N) is 1. The number of ether oxygens (including phenoxy) is 3. The Bertz CT molecular complexity index is 935. The number of carbonyl (C=O) groups excluding carboxylic acids is 1. The second-order valence-corrected chi connectivity index (χ2v) is 9.09. The van der Waals surface area contributed by atoms with Crippen LogP contribution in [0.5, 0.6) is 0 Å². The minimum atomic E-state index is -0.541. The molecule has 1 atom stereocenters. The number of fused-ring (bicyclic) bond motifs is 3. The molecular weight excluding hydrogens is 392 g/mol. The molecule has 6 heteroatoms. The van der Waals surface area contributed by atoms with E-state index in [0.717, 1.165) is 42.4 Å². The first-order chi connectivity index (χ1) is 14.8. The van der Waals surface area contributed by atoms with E-state index in [9.17, 15) is 4.79 Å². The van der Waals surface area contributed by atoms with E-state index in [2.05, 4.69) is 24.4 Å². The summed E-state index contributed by atoms with van der Waals surface area (Å²) in [5.74, 6) is 0.374. The molecule has 0 unspecified atom stereocenters. The molecule has 0 saturated heterocycles. The molecule has 170 valence electrons. The Kier molecular flexibility index (Phi) is 7.57. The molecule has 0 spiro atoms. The highest BCUT2D eigenvalue weighted by molar-refractivity contribution is 5.94. The maximum Gasteiger partial charge on any atom is 0.419 e. The molecule has 1 heterocycles. The average Bonchev–Trinajstić information content (AvgIpc) is 3.06. The monoisotopic (exact) mass is 428 g/mol. The molecule has 1 aromatic carbocycles. The summed E-state index contributed by atoms with van der Waals surface area (Å²) in [4.78, 5) is 13.2. The van der Waals surface area contributed by atoms with Crippen molar-refractivity contribution >= 4 is 17.0 Å².